The summed E-state index contributed by atoms with van der Waals surface area (Å²) in [6, 6.07) is 9.29. The van der Waals surface area contributed by atoms with E-state index < -0.39 is 0 Å². The average molecular weight is 265 g/mol. The van der Waals surface area contributed by atoms with Crippen molar-refractivity contribution in [3.8, 4) is 11.8 Å². The highest BCUT2D eigenvalue weighted by molar-refractivity contribution is 7.99. The Bertz CT molecular complexity index is 390. The zero-order chi connectivity index (χ0) is 13.2. The lowest BCUT2D eigenvalue weighted by Gasteiger charge is -2.10. The van der Waals surface area contributed by atoms with Crippen LogP contribution in [0.4, 0.5) is 0 Å². The SMILES string of the molecule is CC(CCO)SCCCOc1cccc(C#N)c1. The van der Waals surface area contributed by atoms with Gasteiger partial charge in [-0.15, -0.1) is 0 Å². The zero-order valence-electron chi connectivity index (χ0n) is 10.6. The van der Waals surface area contributed by atoms with Gasteiger partial charge >= 0.3 is 0 Å². The summed E-state index contributed by atoms with van der Waals surface area (Å²) in [5.41, 5.74) is 0.624. The number of hydrogen-bond donors (Lipinski definition) is 1. The Morgan fingerprint density at radius 3 is 3.06 bits per heavy atom. The lowest BCUT2D eigenvalue weighted by atomic mass is 10.2. The molecular weight excluding hydrogens is 246 g/mol. The molecule has 0 aromatic heterocycles. The van der Waals surface area contributed by atoms with Gasteiger partial charge in [-0.05, 0) is 36.8 Å². The fraction of sp³-hybridized carbons (Fsp3) is 0.500. The van der Waals surface area contributed by atoms with Crippen LogP contribution in [0, 0.1) is 11.3 Å². The molecule has 0 saturated carbocycles. The molecule has 1 aromatic carbocycles. The summed E-state index contributed by atoms with van der Waals surface area (Å²) in [7, 11) is 0. The molecule has 1 atom stereocenters. The van der Waals surface area contributed by atoms with Crippen molar-refractivity contribution in [1.82, 2.24) is 0 Å². The molecule has 0 amide bonds. The fourth-order valence-corrected chi connectivity index (χ4v) is 2.41. The Morgan fingerprint density at radius 2 is 2.33 bits per heavy atom. The molecule has 0 radical (unpaired) electrons. The van der Waals surface area contributed by atoms with Gasteiger partial charge in [0.25, 0.3) is 0 Å². The molecular formula is C14H19NO2S. The van der Waals surface area contributed by atoms with Gasteiger partial charge in [0.05, 0.1) is 18.2 Å². The van der Waals surface area contributed by atoms with Crippen molar-refractivity contribution in [2.24, 2.45) is 0 Å². The summed E-state index contributed by atoms with van der Waals surface area (Å²) in [4.78, 5) is 0. The molecule has 1 rings (SSSR count). The second kappa shape index (κ2) is 8.84. The topological polar surface area (TPSA) is 53.2 Å². The van der Waals surface area contributed by atoms with Crippen LogP contribution in [0.1, 0.15) is 25.3 Å². The summed E-state index contributed by atoms with van der Waals surface area (Å²) in [5, 5.41) is 18.0. The maximum absolute atomic E-state index is 8.77. The Kier molecular flexibility index (Phi) is 7.31. The molecule has 3 nitrogen and oxygen atoms in total. The number of nitriles is 1. The van der Waals surface area contributed by atoms with Gasteiger partial charge in [0.1, 0.15) is 5.75 Å². The molecule has 0 aliphatic heterocycles. The van der Waals surface area contributed by atoms with Crippen molar-refractivity contribution >= 4 is 11.8 Å². The minimum absolute atomic E-state index is 0.256. The molecule has 0 aliphatic carbocycles. The van der Waals surface area contributed by atoms with Gasteiger partial charge in [0, 0.05) is 11.9 Å². The molecule has 0 fully saturated rings. The first-order chi connectivity index (χ1) is 8.76. The Balaban J connectivity index is 2.16. The number of thioether (sulfide) groups is 1. The minimum Gasteiger partial charge on any atom is -0.494 e. The van der Waals surface area contributed by atoms with Gasteiger partial charge in [-0.25, -0.2) is 0 Å². The van der Waals surface area contributed by atoms with Crippen molar-refractivity contribution in [1.29, 1.82) is 5.26 Å². The normalized spacial score (nSPS) is 11.8. The predicted molar refractivity (Wildman–Crippen MR) is 74.9 cm³/mol. The van der Waals surface area contributed by atoms with E-state index in [0.717, 1.165) is 24.3 Å². The van der Waals surface area contributed by atoms with E-state index in [2.05, 4.69) is 13.0 Å². The number of aliphatic hydroxyl groups is 1. The minimum atomic E-state index is 0.256. The lowest BCUT2D eigenvalue weighted by Crippen LogP contribution is -2.03. The quantitative estimate of drug-likeness (QED) is 0.734. The van der Waals surface area contributed by atoms with E-state index in [1.807, 2.05) is 23.9 Å². The number of rotatable bonds is 8. The summed E-state index contributed by atoms with van der Waals surface area (Å²) < 4.78 is 5.58. The summed E-state index contributed by atoms with van der Waals surface area (Å²) in [5.74, 6) is 1.78. The van der Waals surface area contributed by atoms with Gasteiger partial charge in [-0.1, -0.05) is 13.0 Å². The summed E-state index contributed by atoms with van der Waals surface area (Å²) in [6.07, 6.45) is 1.81. The van der Waals surface area contributed by atoms with E-state index >= 15 is 0 Å². The number of ether oxygens (including phenoxy) is 1. The van der Waals surface area contributed by atoms with Gasteiger partial charge in [-0.2, -0.15) is 17.0 Å². The first-order valence-electron chi connectivity index (χ1n) is 6.11. The van der Waals surface area contributed by atoms with Crippen LogP contribution in [0.2, 0.25) is 0 Å². The second-order valence-corrected chi connectivity index (χ2v) is 5.58. The predicted octanol–water partition coefficient (Wildman–Crippen LogP) is 2.83. The Morgan fingerprint density at radius 1 is 1.50 bits per heavy atom. The molecule has 98 valence electrons. The fourth-order valence-electron chi connectivity index (χ4n) is 1.45. The lowest BCUT2D eigenvalue weighted by molar-refractivity contribution is 0.288. The van der Waals surface area contributed by atoms with Crippen molar-refractivity contribution in [3.05, 3.63) is 29.8 Å². The van der Waals surface area contributed by atoms with Gasteiger partial charge in [0.2, 0.25) is 0 Å². The first-order valence-corrected chi connectivity index (χ1v) is 7.16. The van der Waals surface area contributed by atoms with Crippen LogP contribution in [0.25, 0.3) is 0 Å². The van der Waals surface area contributed by atoms with E-state index in [-0.39, 0.29) is 6.61 Å². The molecule has 0 aliphatic rings. The summed E-state index contributed by atoms with van der Waals surface area (Å²) >= 11 is 1.85. The Hall–Kier alpha value is -1.18. The van der Waals surface area contributed by atoms with Crippen LogP contribution < -0.4 is 4.74 Å². The molecule has 1 aromatic rings. The third-order valence-electron chi connectivity index (χ3n) is 2.46. The zero-order valence-corrected chi connectivity index (χ0v) is 11.4. The maximum Gasteiger partial charge on any atom is 0.120 e. The third kappa shape index (κ3) is 5.95. The van der Waals surface area contributed by atoms with Crippen molar-refractivity contribution in [2.45, 2.75) is 25.0 Å². The highest BCUT2D eigenvalue weighted by atomic mass is 32.2. The summed E-state index contributed by atoms with van der Waals surface area (Å²) in [6.45, 7) is 3.04. The number of nitrogens with zero attached hydrogens (tertiary/aromatic N) is 1. The van der Waals surface area contributed by atoms with E-state index in [0.29, 0.717) is 17.4 Å². The second-order valence-electron chi connectivity index (χ2n) is 4.04. The molecule has 0 spiro atoms. The number of hydrogen-bond acceptors (Lipinski definition) is 4. The smallest absolute Gasteiger partial charge is 0.120 e. The van der Waals surface area contributed by atoms with E-state index in [4.69, 9.17) is 15.1 Å². The Labute approximate surface area is 113 Å². The first kappa shape index (κ1) is 14.9. The largest absolute Gasteiger partial charge is 0.494 e. The standard InChI is InChI=1S/C14H19NO2S/c1-12(6-7-16)18-9-3-8-17-14-5-2-4-13(10-14)11-15/h2,4-5,10,12,16H,3,6-9H2,1H3. The number of aliphatic hydroxyl groups excluding tert-OH is 1. The van der Waals surface area contributed by atoms with Gasteiger partial charge < -0.3 is 9.84 Å². The van der Waals surface area contributed by atoms with Crippen LogP contribution >= 0.6 is 11.8 Å². The van der Waals surface area contributed by atoms with Crippen molar-refractivity contribution in [2.75, 3.05) is 19.0 Å². The van der Waals surface area contributed by atoms with Crippen molar-refractivity contribution < 1.29 is 9.84 Å². The van der Waals surface area contributed by atoms with Crippen LogP contribution in [-0.4, -0.2) is 29.3 Å². The van der Waals surface area contributed by atoms with E-state index in [9.17, 15) is 0 Å². The molecule has 4 heteroatoms. The van der Waals surface area contributed by atoms with Gasteiger partial charge in [0.15, 0.2) is 0 Å². The van der Waals surface area contributed by atoms with Crippen LogP contribution in [0.3, 0.4) is 0 Å². The van der Waals surface area contributed by atoms with E-state index in [1.165, 1.54) is 0 Å². The number of benzene rings is 1. The molecule has 0 bridgehead atoms. The molecule has 0 heterocycles. The van der Waals surface area contributed by atoms with Gasteiger partial charge in [-0.3, -0.25) is 0 Å². The highest BCUT2D eigenvalue weighted by Crippen LogP contribution is 2.16. The monoisotopic (exact) mass is 265 g/mol. The molecule has 1 unspecified atom stereocenters. The third-order valence-corrected chi connectivity index (χ3v) is 3.79. The molecule has 1 N–H and O–H groups in total. The highest BCUT2D eigenvalue weighted by Gasteiger charge is 2.01. The van der Waals surface area contributed by atoms with E-state index in [1.54, 1.807) is 12.1 Å². The molecule has 18 heavy (non-hydrogen) atoms. The average Bonchev–Trinajstić information content (AvgIpc) is 2.39. The van der Waals surface area contributed by atoms with Crippen molar-refractivity contribution in [3.63, 3.8) is 0 Å². The van der Waals surface area contributed by atoms with Crippen LogP contribution in [-0.2, 0) is 0 Å². The molecule has 0 saturated heterocycles. The van der Waals surface area contributed by atoms with Crippen LogP contribution in [0.15, 0.2) is 24.3 Å². The van der Waals surface area contributed by atoms with Crippen LogP contribution in [0.5, 0.6) is 5.75 Å². The maximum atomic E-state index is 8.77.